The van der Waals surface area contributed by atoms with E-state index in [-0.39, 0.29) is 5.56 Å². The largest absolute Gasteiger partial charge is 0.324 e. The third-order valence-corrected chi connectivity index (χ3v) is 6.27. The average molecular weight is 475 g/mol. The standard InChI is InChI=1S/C23H24Cl2N4OS/c1-5-8-19(25)20(18(24)6-2)17-11-14-13-26-23(28-21(14)29(3)22(17)30)27-15-9-7-10-16(12-15)31-4/h7-13H,5-6H2,1-4H3,(H,26,27,28)/b19-8+,20-18+. The zero-order valence-corrected chi connectivity index (χ0v) is 20.2. The lowest BCUT2D eigenvalue weighted by Gasteiger charge is -2.13. The van der Waals surface area contributed by atoms with Crippen LogP contribution in [-0.4, -0.2) is 20.8 Å². The summed E-state index contributed by atoms with van der Waals surface area (Å²) in [5.41, 5.74) is 2.18. The minimum atomic E-state index is -0.217. The number of nitrogens with one attached hydrogen (secondary N) is 1. The number of aryl methyl sites for hydroxylation is 1. The highest BCUT2D eigenvalue weighted by atomic mass is 35.5. The van der Waals surface area contributed by atoms with Gasteiger partial charge in [-0.25, -0.2) is 4.98 Å². The summed E-state index contributed by atoms with van der Waals surface area (Å²) in [5.74, 6) is 0.416. The predicted octanol–water partition coefficient (Wildman–Crippen LogP) is 6.69. The fourth-order valence-corrected chi connectivity index (χ4v) is 4.26. The number of allylic oxidation sites excluding steroid dienone is 4. The van der Waals surface area contributed by atoms with Gasteiger partial charge in [0.2, 0.25) is 5.95 Å². The van der Waals surface area contributed by atoms with E-state index in [1.807, 2.05) is 50.4 Å². The first-order valence-corrected chi connectivity index (χ1v) is 11.9. The first kappa shape index (κ1) is 23.4. The number of anilines is 2. The maximum atomic E-state index is 13.2. The number of hydrogen-bond acceptors (Lipinski definition) is 5. The fourth-order valence-electron chi connectivity index (χ4n) is 3.18. The highest BCUT2D eigenvalue weighted by Gasteiger charge is 2.18. The Labute approximate surface area is 196 Å². The minimum absolute atomic E-state index is 0.217. The second-order valence-electron chi connectivity index (χ2n) is 6.85. The van der Waals surface area contributed by atoms with Gasteiger partial charge in [-0.05, 0) is 43.4 Å². The van der Waals surface area contributed by atoms with E-state index in [2.05, 4.69) is 15.3 Å². The molecule has 0 radical (unpaired) electrons. The fraction of sp³-hybridized carbons (Fsp3) is 0.261. The first-order chi connectivity index (χ1) is 14.9. The topological polar surface area (TPSA) is 59.8 Å². The van der Waals surface area contributed by atoms with E-state index in [4.69, 9.17) is 23.2 Å². The Kier molecular flexibility index (Phi) is 7.81. The van der Waals surface area contributed by atoms with Gasteiger partial charge in [0.25, 0.3) is 5.56 Å². The van der Waals surface area contributed by atoms with Gasteiger partial charge in [-0.2, -0.15) is 4.98 Å². The van der Waals surface area contributed by atoms with Crippen LogP contribution in [-0.2, 0) is 7.05 Å². The molecule has 0 saturated carbocycles. The summed E-state index contributed by atoms with van der Waals surface area (Å²) in [6.07, 6.45) is 6.88. The Morgan fingerprint density at radius 1 is 1.26 bits per heavy atom. The molecule has 0 saturated heterocycles. The highest BCUT2D eigenvalue weighted by molar-refractivity contribution is 7.98. The van der Waals surface area contributed by atoms with Crippen molar-refractivity contribution in [3.63, 3.8) is 0 Å². The summed E-state index contributed by atoms with van der Waals surface area (Å²) >= 11 is 14.6. The monoisotopic (exact) mass is 474 g/mol. The average Bonchev–Trinajstić information content (AvgIpc) is 2.77. The van der Waals surface area contributed by atoms with Gasteiger partial charge >= 0.3 is 0 Å². The van der Waals surface area contributed by atoms with Crippen LogP contribution in [0.15, 0.2) is 62.4 Å². The summed E-state index contributed by atoms with van der Waals surface area (Å²) < 4.78 is 1.51. The van der Waals surface area contributed by atoms with E-state index in [0.29, 0.717) is 39.2 Å². The molecule has 3 aromatic rings. The SMILES string of the molecule is CC/C=C(Cl)\C(=C(\Cl)CC)c1cc2cnc(Nc3cccc(SC)c3)nc2n(C)c1=O. The third-order valence-electron chi connectivity index (χ3n) is 4.75. The highest BCUT2D eigenvalue weighted by Crippen LogP contribution is 2.32. The van der Waals surface area contributed by atoms with E-state index >= 15 is 0 Å². The van der Waals surface area contributed by atoms with Gasteiger partial charge in [-0.15, -0.1) is 11.8 Å². The van der Waals surface area contributed by atoms with E-state index in [0.717, 1.165) is 22.4 Å². The number of rotatable bonds is 7. The molecule has 0 unspecified atom stereocenters. The molecule has 3 rings (SSSR count). The molecule has 0 aliphatic carbocycles. The molecular weight excluding hydrogens is 451 g/mol. The molecule has 0 aliphatic rings. The number of fused-ring (bicyclic) bond motifs is 1. The Balaban J connectivity index is 2.11. The summed E-state index contributed by atoms with van der Waals surface area (Å²) in [7, 11) is 1.69. The molecule has 0 aliphatic heterocycles. The van der Waals surface area contributed by atoms with Crippen molar-refractivity contribution in [1.82, 2.24) is 14.5 Å². The van der Waals surface area contributed by atoms with Crippen LogP contribution in [0.4, 0.5) is 11.6 Å². The molecule has 0 fully saturated rings. The maximum Gasteiger partial charge on any atom is 0.259 e. The lowest BCUT2D eigenvalue weighted by molar-refractivity contribution is 0.880. The van der Waals surface area contributed by atoms with Gasteiger partial charge in [0, 0.05) is 44.9 Å². The van der Waals surface area contributed by atoms with Gasteiger partial charge in [-0.3, -0.25) is 9.36 Å². The molecule has 1 aromatic carbocycles. The molecule has 8 heteroatoms. The lowest BCUT2D eigenvalue weighted by atomic mass is 10.0. The zero-order chi connectivity index (χ0) is 22.5. The second-order valence-corrected chi connectivity index (χ2v) is 8.59. The van der Waals surface area contributed by atoms with Crippen molar-refractivity contribution in [3.05, 3.63) is 68.6 Å². The quantitative estimate of drug-likeness (QED) is 0.305. The van der Waals surface area contributed by atoms with Crippen LogP contribution in [0, 0.1) is 0 Å². The molecule has 2 aromatic heterocycles. The number of aromatic nitrogens is 3. The van der Waals surface area contributed by atoms with Gasteiger partial charge in [0.15, 0.2) is 0 Å². The van der Waals surface area contributed by atoms with Gasteiger partial charge in [0.1, 0.15) is 5.65 Å². The lowest BCUT2D eigenvalue weighted by Crippen LogP contribution is -2.22. The van der Waals surface area contributed by atoms with Gasteiger partial charge < -0.3 is 5.32 Å². The van der Waals surface area contributed by atoms with Crippen molar-refractivity contribution >= 4 is 63.2 Å². The van der Waals surface area contributed by atoms with E-state index in [1.165, 1.54) is 4.57 Å². The second kappa shape index (κ2) is 10.4. The Morgan fingerprint density at radius 3 is 2.71 bits per heavy atom. The van der Waals surface area contributed by atoms with Crippen LogP contribution in [0.2, 0.25) is 0 Å². The molecule has 5 nitrogen and oxygen atoms in total. The number of pyridine rings is 1. The van der Waals surface area contributed by atoms with Crippen LogP contribution < -0.4 is 10.9 Å². The van der Waals surface area contributed by atoms with Crippen molar-refractivity contribution in [2.24, 2.45) is 7.05 Å². The summed E-state index contributed by atoms with van der Waals surface area (Å²) in [6, 6.07) is 9.73. The van der Waals surface area contributed by atoms with Crippen molar-refractivity contribution < 1.29 is 0 Å². The Bertz CT molecular complexity index is 1230. The van der Waals surface area contributed by atoms with E-state index in [1.54, 1.807) is 31.1 Å². The minimum Gasteiger partial charge on any atom is -0.324 e. The molecule has 0 atom stereocenters. The molecule has 0 bridgehead atoms. The number of halogens is 2. The van der Waals surface area contributed by atoms with Crippen LogP contribution >= 0.6 is 35.0 Å². The van der Waals surface area contributed by atoms with Crippen molar-refractivity contribution in [3.8, 4) is 0 Å². The van der Waals surface area contributed by atoms with Gasteiger partial charge in [-0.1, -0.05) is 49.2 Å². The Hall–Kier alpha value is -2.28. The summed E-state index contributed by atoms with van der Waals surface area (Å²) in [4.78, 5) is 23.3. The zero-order valence-electron chi connectivity index (χ0n) is 17.9. The smallest absolute Gasteiger partial charge is 0.259 e. The number of nitrogens with zero attached hydrogens (tertiary/aromatic N) is 3. The van der Waals surface area contributed by atoms with Crippen LogP contribution in [0.5, 0.6) is 0 Å². The van der Waals surface area contributed by atoms with Crippen molar-refractivity contribution in [2.45, 2.75) is 31.6 Å². The molecule has 1 N–H and O–H groups in total. The molecule has 0 amide bonds. The molecule has 2 heterocycles. The maximum absolute atomic E-state index is 13.2. The van der Waals surface area contributed by atoms with Crippen LogP contribution in [0.25, 0.3) is 16.6 Å². The summed E-state index contributed by atoms with van der Waals surface area (Å²) in [6.45, 7) is 3.91. The molecule has 31 heavy (non-hydrogen) atoms. The number of thioether (sulfide) groups is 1. The normalized spacial score (nSPS) is 12.8. The summed E-state index contributed by atoms with van der Waals surface area (Å²) in [5, 5.41) is 4.94. The third kappa shape index (κ3) is 5.14. The Morgan fingerprint density at radius 2 is 2.03 bits per heavy atom. The van der Waals surface area contributed by atoms with Crippen LogP contribution in [0.1, 0.15) is 32.3 Å². The van der Waals surface area contributed by atoms with E-state index in [9.17, 15) is 4.79 Å². The van der Waals surface area contributed by atoms with Gasteiger partial charge in [0.05, 0.1) is 5.56 Å². The number of hydrogen-bond donors (Lipinski definition) is 1. The van der Waals surface area contributed by atoms with Crippen molar-refractivity contribution in [1.29, 1.82) is 0 Å². The molecule has 0 spiro atoms. The molecule has 162 valence electrons. The first-order valence-electron chi connectivity index (χ1n) is 9.92. The van der Waals surface area contributed by atoms with Crippen LogP contribution in [0.3, 0.4) is 0 Å². The molecular formula is C23H24Cl2N4OS. The van der Waals surface area contributed by atoms with E-state index < -0.39 is 0 Å². The predicted molar refractivity (Wildman–Crippen MR) is 134 cm³/mol. The number of benzene rings is 1. The van der Waals surface area contributed by atoms with Crippen molar-refractivity contribution in [2.75, 3.05) is 11.6 Å².